The van der Waals surface area contributed by atoms with E-state index in [0.29, 0.717) is 13.2 Å². The summed E-state index contributed by atoms with van der Waals surface area (Å²) in [6.45, 7) is 4.80. The van der Waals surface area contributed by atoms with Crippen LogP contribution in [0.2, 0.25) is 0 Å². The van der Waals surface area contributed by atoms with E-state index >= 15 is 0 Å². The van der Waals surface area contributed by atoms with Gasteiger partial charge in [0.1, 0.15) is 5.82 Å². The zero-order chi connectivity index (χ0) is 12.7. The first-order valence-corrected chi connectivity index (χ1v) is 5.64. The topological polar surface area (TPSA) is 60.6 Å². The SMILES string of the molecule is COCCN(CCOC)c1cc(N)c(C)cn1. The number of aromatic nitrogens is 1. The van der Waals surface area contributed by atoms with Gasteiger partial charge in [0, 0.05) is 45.3 Å². The summed E-state index contributed by atoms with van der Waals surface area (Å²) in [6, 6.07) is 1.89. The molecule has 0 amide bonds. The molecule has 0 aliphatic heterocycles. The molecule has 0 spiro atoms. The Kier molecular flexibility index (Phi) is 5.72. The van der Waals surface area contributed by atoms with E-state index in [1.165, 1.54) is 0 Å². The fourth-order valence-electron chi connectivity index (χ4n) is 1.44. The lowest BCUT2D eigenvalue weighted by Gasteiger charge is -2.23. The molecule has 0 aliphatic rings. The molecule has 1 heterocycles. The van der Waals surface area contributed by atoms with Crippen molar-refractivity contribution in [3.8, 4) is 0 Å². The van der Waals surface area contributed by atoms with E-state index in [-0.39, 0.29) is 0 Å². The van der Waals surface area contributed by atoms with Crippen LogP contribution in [0, 0.1) is 6.92 Å². The normalized spacial score (nSPS) is 10.5. The van der Waals surface area contributed by atoms with E-state index < -0.39 is 0 Å². The van der Waals surface area contributed by atoms with Crippen LogP contribution in [0.1, 0.15) is 5.56 Å². The summed E-state index contributed by atoms with van der Waals surface area (Å²) in [5.41, 5.74) is 7.64. The van der Waals surface area contributed by atoms with Gasteiger partial charge in [-0.15, -0.1) is 0 Å². The van der Waals surface area contributed by atoms with Crippen LogP contribution >= 0.6 is 0 Å². The first-order chi connectivity index (χ1) is 8.19. The average Bonchev–Trinajstić information content (AvgIpc) is 2.33. The predicted molar refractivity (Wildman–Crippen MR) is 69.4 cm³/mol. The standard InChI is InChI=1S/C12H21N3O2/c1-10-9-14-12(8-11(10)13)15(4-6-16-2)5-7-17-3/h8-9H,4-7H2,1-3H3,(H2,13,14). The van der Waals surface area contributed by atoms with Gasteiger partial charge in [-0.25, -0.2) is 4.98 Å². The zero-order valence-corrected chi connectivity index (χ0v) is 10.8. The first kappa shape index (κ1) is 13.7. The van der Waals surface area contributed by atoms with Crippen LogP contribution in [-0.4, -0.2) is 45.5 Å². The van der Waals surface area contributed by atoms with Crippen LogP contribution < -0.4 is 10.6 Å². The van der Waals surface area contributed by atoms with Crippen LogP contribution in [0.4, 0.5) is 11.5 Å². The largest absolute Gasteiger partial charge is 0.398 e. The molecular formula is C12H21N3O2. The first-order valence-electron chi connectivity index (χ1n) is 5.64. The molecule has 0 saturated heterocycles. The number of hydrogen-bond donors (Lipinski definition) is 1. The second-order valence-corrected chi connectivity index (χ2v) is 3.87. The van der Waals surface area contributed by atoms with E-state index in [9.17, 15) is 0 Å². The molecule has 0 radical (unpaired) electrons. The quantitative estimate of drug-likeness (QED) is 0.771. The van der Waals surface area contributed by atoms with Gasteiger partial charge in [-0.2, -0.15) is 0 Å². The van der Waals surface area contributed by atoms with Crippen molar-refractivity contribution in [2.45, 2.75) is 6.92 Å². The van der Waals surface area contributed by atoms with Crippen molar-refractivity contribution >= 4 is 11.5 Å². The minimum absolute atomic E-state index is 0.652. The summed E-state index contributed by atoms with van der Waals surface area (Å²) in [7, 11) is 3.37. The number of nitrogen functional groups attached to an aromatic ring is 1. The Morgan fingerprint density at radius 2 is 1.82 bits per heavy atom. The van der Waals surface area contributed by atoms with E-state index in [4.69, 9.17) is 15.2 Å². The molecule has 0 atom stereocenters. The predicted octanol–water partition coefficient (Wildman–Crippen LogP) is 1.07. The average molecular weight is 239 g/mol. The summed E-state index contributed by atoms with van der Waals surface area (Å²) < 4.78 is 10.2. The summed E-state index contributed by atoms with van der Waals surface area (Å²) in [5, 5.41) is 0. The number of hydrogen-bond acceptors (Lipinski definition) is 5. The van der Waals surface area contributed by atoms with E-state index in [1.807, 2.05) is 13.0 Å². The molecule has 0 bridgehead atoms. The molecule has 17 heavy (non-hydrogen) atoms. The van der Waals surface area contributed by atoms with Gasteiger partial charge in [0.25, 0.3) is 0 Å². The fraction of sp³-hybridized carbons (Fsp3) is 0.583. The number of ether oxygens (including phenoxy) is 2. The van der Waals surface area contributed by atoms with Crippen LogP contribution in [0.25, 0.3) is 0 Å². The van der Waals surface area contributed by atoms with Crippen molar-refractivity contribution in [2.75, 3.05) is 51.2 Å². The number of methoxy groups -OCH3 is 2. The molecular weight excluding hydrogens is 218 g/mol. The summed E-state index contributed by atoms with van der Waals surface area (Å²) in [6.07, 6.45) is 1.79. The van der Waals surface area contributed by atoms with Gasteiger partial charge >= 0.3 is 0 Å². The summed E-state index contributed by atoms with van der Waals surface area (Å²) in [4.78, 5) is 6.48. The van der Waals surface area contributed by atoms with Gasteiger partial charge in [-0.05, 0) is 12.5 Å². The maximum absolute atomic E-state index is 5.89. The van der Waals surface area contributed by atoms with Gasteiger partial charge in [0.2, 0.25) is 0 Å². The summed E-state index contributed by atoms with van der Waals surface area (Å²) in [5.74, 6) is 0.863. The molecule has 96 valence electrons. The molecule has 1 aromatic heterocycles. The minimum Gasteiger partial charge on any atom is -0.398 e. The molecule has 0 unspecified atom stereocenters. The lowest BCUT2D eigenvalue weighted by atomic mass is 10.2. The highest BCUT2D eigenvalue weighted by atomic mass is 16.5. The molecule has 1 aromatic rings. The summed E-state index contributed by atoms with van der Waals surface area (Å²) >= 11 is 0. The van der Waals surface area contributed by atoms with Crippen molar-refractivity contribution in [3.05, 3.63) is 17.8 Å². The van der Waals surface area contributed by atoms with E-state index in [1.54, 1.807) is 20.4 Å². The maximum Gasteiger partial charge on any atom is 0.130 e. The highest BCUT2D eigenvalue weighted by molar-refractivity contribution is 5.54. The van der Waals surface area contributed by atoms with Crippen molar-refractivity contribution in [1.29, 1.82) is 0 Å². The molecule has 1 rings (SSSR count). The zero-order valence-electron chi connectivity index (χ0n) is 10.8. The van der Waals surface area contributed by atoms with Crippen molar-refractivity contribution in [1.82, 2.24) is 4.98 Å². The van der Waals surface area contributed by atoms with Crippen molar-refractivity contribution in [2.24, 2.45) is 0 Å². The highest BCUT2D eigenvalue weighted by Gasteiger charge is 2.08. The molecule has 0 fully saturated rings. The van der Waals surface area contributed by atoms with E-state index in [0.717, 1.165) is 30.2 Å². The second-order valence-electron chi connectivity index (χ2n) is 3.87. The maximum atomic E-state index is 5.89. The Balaban J connectivity index is 2.75. The minimum atomic E-state index is 0.652. The van der Waals surface area contributed by atoms with Gasteiger partial charge in [-0.3, -0.25) is 0 Å². The van der Waals surface area contributed by atoms with Gasteiger partial charge in [0.05, 0.1) is 13.2 Å². The molecule has 5 nitrogen and oxygen atoms in total. The number of anilines is 2. The third-order valence-corrected chi connectivity index (χ3v) is 2.59. The Morgan fingerprint density at radius 1 is 1.24 bits per heavy atom. The molecule has 0 aliphatic carbocycles. The number of nitrogens with two attached hydrogens (primary N) is 1. The molecule has 0 saturated carbocycles. The third kappa shape index (κ3) is 4.20. The number of aryl methyl sites for hydroxylation is 1. The fourth-order valence-corrected chi connectivity index (χ4v) is 1.44. The lowest BCUT2D eigenvalue weighted by Crippen LogP contribution is -2.31. The number of rotatable bonds is 7. The van der Waals surface area contributed by atoms with Crippen LogP contribution in [0.5, 0.6) is 0 Å². The van der Waals surface area contributed by atoms with Gasteiger partial charge in [0.15, 0.2) is 0 Å². The Labute approximate surface area is 103 Å². The lowest BCUT2D eigenvalue weighted by molar-refractivity contribution is 0.190. The van der Waals surface area contributed by atoms with Crippen LogP contribution in [0.15, 0.2) is 12.3 Å². The van der Waals surface area contributed by atoms with Crippen molar-refractivity contribution < 1.29 is 9.47 Å². The van der Waals surface area contributed by atoms with Gasteiger partial charge in [-0.1, -0.05) is 0 Å². The Hall–Kier alpha value is -1.33. The molecule has 2 N–H and O–H groups in total. The molecule has 0 aromatic carbocycles. The number of nitrogens with zero attached hydrogens (tertiary/aromatic N) is 2. The molecule has 5 heteroatoms. The Morgan fingerprint density at radius 3 is 2.29 bits per heavy atom. The smallest absolute Gasteiger partial charge is 0.130 e. The third-order valence-electron chi connectivity index (χ3n) is 2.59. The van der Waals surface area contributed by atoms with Crippen molar-refractivity contribution in [3.63, 3.8) is 0 Å². The monoisotopic (exact) mass is 239 g/mol. The Bertz CT molecular complexity index is 337. The van der Waals surface area contributed by atoms with Crippen LogP contribution in [0.3, 0.4) is 0 Å². The number of pyridine rings is 1. The van der Waals surface area contributed by atoms with Gasteiger partial charge < -0.3 is 20.1 Å². The highest BCUT2D eigenvalue weighted by Crippen LogP contribution is 2.17. The van der Waals surface area contributed by atoms with Crippen LogP contribution in [-0.2, 0) is 9.47 Å². The van der Waals surface area contributed by atoms with E-state index in [2.05, 4.69) is 9.88 Å². The second kappa shape index (κ2) is 7.09.